The number of rotatable bonds is 3. The van der Waals surface area contributed by atoms with Crippen molar-refractivity contribution < 1.29 is 14.3 Å². The molecule has 0 radical (unpaired) electrons. The van der Waals surface area contributed by atoms with E-state index in [1.807, 2.05) is 35.2 Å². The number of benzene rings is 1. The topological polar surface area (TPSA) is 52.5 Å². The van der Waals surface area contributed by atoms with Crippen molar-refractivity contribution in [1.29, 1.82) is 0 Å². The summed E-state index contributed by atoms with van der Waals surface area (Å²) in [6.45, 7) is 3.64. The van der Waals surface area contributed by atoms with Crippen LogP contribution in [-0.2, 0) is 4.79 Å². The summed E-state index contributed by atoms with van der Waals surface area (Å²) in [7, 11) is 0. The van der Waals surface area contributed by atoms with E-state index in [1.54, 1.807) is 6.07 Å². The van der Waals surface area contributed by atoms with E-state index in [2.05, 4.69) is 11.9 Å². The molecule has 19 heavy (non-hydrogen) atoms. The Hall–Kier alpha value is -2.69. The molecule has 0 spiro atoms. The molecular weight excluding hydrogens is 244 g/mol. The van der Waals surface area contributed by atoms with Gasteiger partial charge in [-0.3, -0.25) is 4.79 Å². The number of aromatic nitrogens is 1. The van der Waals surface area contributed by atoms with Crippen LogP contribution in [0.25, 0.3) is 5.69 Å². The van der Waals surface area contributed by atoms with Crippen LogP contribution in [0.15, 0.2) is 49.3 Å². The van der Waals surface area contributed by atoms with Gasteiger partial charge in [-0.25, -0.2) is 0 Å². The van der Waals surface area contributed by atoms with E-state index in [0.717, 1.165) is 5.69 Å². The molecule has 0 saturated heterocycles. The molecule has 1 amide bonds. The Morgan fingerprint density at radius 2 is 1.95 bits per heavy atom. The second kappa shape index (κ2) is 4.53. The summed E-state index contributed by atoms with van der Waals surface area (Å²) in [4.78, 5) is 11.5. The third-order valence-electron chi connectivity index (χ3n) is 2.82. The first-order chi connectivity index (χ1) is 9.28. The summed E-state index contributed by atoms with van der Waals surface area (Å²) >= 11 is 0. The normalized spacial score (nSPS) is 12.2. The van der Waals surface area contributed by atoms with Crippen LogP contribution in [0.4, 0.5) is 5.69 Å². The summed E-state index contributed by atoms with van der Waals surface area (Å²) in [6, 6.07) is 7.40. The third kappa shape index (κ3) is 2.06. The summed E-state index contributed by atoms with van der Waals surface area (Å²) in [5.41, 5.74) is 1.45. The van der Waals surface area contributed by atoms with Gasteiger partial charge in [-0.05, 0) is 18.2 Å². The zero-order chi connectivity index (χ0) is 13.2. The second-order valence-corrected chi connectivity index (χ2v) is 4.01. The van der Waals surface area contributed by atoms with Gasteiger partial charge >= 0.3 is 0 Å². The molecule has 3 rings (SSSR count). The number of amides is 1. The van der Waals surface area contributed by atoms with Crippen LogP contribution in [0.1, 0.15) is 0 Å². The molecule has 5 nitrogen and oxygen atoms in total. The van der Waals surface area contributed by atoms with Crippen LogP contribution in [-0.4, -0.2) is 17.3 Å². The summed E-state index contributed by atoms with van der Waals surface area (Å²) in [6.07, 6.45) is 5.01. The van der Waals surface area contributed by atoms with Gasteiger partial charge in [0.15, 0.2) is 11.5 Å². The van der Waals surface area contributed by atoms with Gasteiger partial charge in [-0.1, -0.05) is 6.58 Å². The van der Waals surface area contributed by atoms with Gasteiger partial charge in [0.25, 0.3) is 0 Å². The van der Waals surface area contributed by atoms with Crippen LogP contribution in [0.3, 0.4) is 0 Å². The van der Waals surface area contributed by atoms with Crippen molar-refractivity contribution >= 4 is 11.6 Å². The maximum atomic E-state index is 11.5. The largest absolute Gasteiger partial charge is 0.454 e. The fraction of sp³-hybridized carbons (Fsp3) is 0.0714. The van der Waals surface area contributed by atoms with Crippen molar-refractivity contribution in [3.63, 3.8) is 0 Å². The maximum Gasteiger partial charge on any atom is 0.247 e. The lowest BCUT2D eigenvalue weighted by molar-refractivity contribution is -0.111. The number of carbonyl (C=O) groups excluding carboxylic acids is 1. The predicted molar refractivity (Wildman–Crippen MR) is 70.7 cm³/mol. The quantitative estimate of drug-likeness (QED) is 0.857. The number of ether oxygens (including phenoxy) is 2. The first-order valence-corrected chi connectivity index (χ1v) is 5.78. The zero-order valence-electron chi connectivity index (χ0n) is 10.1. The molecule has 0 aliphatic carbocycles. The number of anilines is 1. The van der Waals surface area contributed by atoms with Gasteiger partial charge in [0, 0.05) is 24.5 Å². The minimum atomic E-state index is -0.271. The minimum Gasteiger partial charge on any atom is -0.454 e. The lowest BCUT2D eigenvalue weighted by atomic mass is 10.2. The average Bonchev–Trinajstić information content (AvgIpc) is 3.08. The van der Waals surface area contributed by atoms with Crippen LogP contribution in [0.2, 0.25) is 0 Å². The second-order valence-electron chi connectivity index (χ2n) is 4.01. The van der Waals surface area contributed by atoms with E-state index in [9.17, 15) is 4.79 Å². The monoisotopic (exact) mass is 256 g/mol. The molecule has 96 valence electrons. The first kappa shape index (κ1) is 11.4. The Kier molecular flexibility index (Phi) is 2.72. The first-order valence-electron chi connectivity index (χ1n) is 5.78. The molecule has 0 unspecified atom stereocenters. The number of nitrogens with zero attached hydrogens (tertiary/aromatic N) is 1. The van der Waals surface area contributed by atoms with E-state index in [4.69, 9.17) is 9.47 Å². The van der Waals surface area contributed by atoms with Crippen molar-refractivity contribution in [2.75, 3.05) is 12.1 Å². The number of hydrogen-bond acceptors (Lipinski definition) is 3. The van der Waals surface area contributed by atoms with Crippen molar-refractivity contribution in [3.8, 4) is 17.2 Å². The Morgan fingerprint density at radius 1 is 1.26 bits per heavy atom. The molecule has 1 aliphatic heterocycles. The molecule has 0 bridgehead atoms. The Morgan fingerprint density at radius 3 is 2.63 bits per heavy atom. The summed E-state index contributed by atoms with van der Waals surface area (Å²) in [5.74, 6) is 1.02. The highest BCUT2D eigenvalue weighted by atomic mass is 16.7. The molecule has 0 atom stereocenters. The molecule has 2 heterocycles. The molecule has 5 heteroatoms. The van der Waals surface area contributed by atoms with Crippen molar-refractivity contribution in [1.82, 2.24) is 4.57 Å². The lowest BCUT2D eigenvalue weighted by Gasteiger charge is -2.12. The molecule has 1 aromatic carbocycles. The molecular formula is C14H12N2O3. The van der Waals surface area contributed by atoms with Gasteiger partial charge < -0.3 is 19.4 Å². The highest BCUT2D eigenvalue weighted by Gasteiger charge is 2.18. The molecule has 2 aromatic rings. The number of hydrogen-bond donors (Lipinski definition) is 1. The van der Waals surface area contributed by atoms with Crippen LogP contribution in [0, 0.1) is 0 Å². The van der Waals surface area contributed by atoms with Gasteiger partial charge in [0.05, 0.1) is 11.4 Å². The van der Waals surface area contributed by atoms with Gasteiger partial charge in [-0.15, -0.1) is 0 Å². The van der Waals surface area contributed by atoms with E-state index in [0.29, 0.717) is 17.2 Å². The summed E-state index contributed by atoms with van der Waals surface area (Å²) in [5, 5.41) is 2.76. The third-order valence-corrected chi connectivity index (χ3v) is 2.82. The molecule has 0 saturated carbocycles. The van der Waals surface area contributed by atoms with Gasteiger partial charge in [0.1, 0.15) is 0 Å². The fourth-order valence-electron chi connectivity index (χ4n) is 1.92. The van der Waals surface area contributed by atoms with Gasteiger partial charge in [-0.2, -0.15) is 0 Å². The van der Waals surface area contributed by atoms with E-state index < -0.39 is 0 Å². The van der Waals surface area contributed by atoms with Crippen molar-refractivity contribution in [3.05, 3.63) is 49.3 Å². The molecule has 0 fully saturated rings. The minimum absolute atomic E-state index is 0.194. The highest BCUT2D eigenvalue weighted by molar-refractivity contribution is 6.00. The van der Waals surface area contributed by atoms with Crippen LogP contribution >= 0.6 is 0 Å². The van der Waals surface area contributed by atoms with Crippen molar-refractivity contribution in [2.24, 2.45) is 0 Å². The van der Waals surface area contributed by atoms with E-state index >= 15 is 0 Å². The SMILES string of the molecule is C=CC(=O)Nc1cc2c(cc1-n1cccc1)OCO2. The molecule has 1 aliphatic rings. The Labute approximate surface area is 110 Å². The predicted octanol–water partition coefficient (Wildman–Crippen LogP) is 2.33. The zero-order valence-corrected chi connectivity index (χ0v) is 10.1. The maximum absolute atomic E-state index is 11.5. The van der Waals surface area contributed by atoms with Crippen LogP contribution < -0.4 is 14.8 Å². The Balaban J connectivity index is 2.09. The molecule has 1 N–H and O–H groups in total. The average molecular weight is 256 g/mol. The Bertz CT molecular complexity index is 632. The van der Waals surface area contributed by atoms with Crippen molar-refractivity contribution in [2.45, 2.75) is 0 Å². The standard InChI is InChI=1S/C14H12N2O3/c1-2-14(17)15-10-7-12-13(19-9-18-12)8-11(10)16-5-3-4-6-16/h2-8H,1,9H2,(H,15,17). The summed E-state index contributed by atoms with van der Waals surface area (Å²) < 4.78 is 12.6. The lowest BCUT2D eigenvalue weighted by Crippen LogP contribution is -2.10. The fourth-order valence-corrected chi connectivity index (χ4v) is 1.92. The van der Waals surface area contributed by atoms with E-state index in [1.165, 1.54) is 6.08 Å². The number of nitrogens with one attached hydrogen (secondary N) is 1. The smallest absolute Gasteiger partial charge is 0.247 e. The highest BCUT2D eigenvalue weighted by Crippen LogP contribution is 2.38. The number of fused-ring (bicyclic) bond motifs is 1. The van der Waals surface area contributed by atoms with E-state index in [-0.39, 0.29) is 12.7 Å². The van der Waals surface area contributed by atoms with Crippen LogP contribution in [0.5, 0.6) is 11.5 Å². The number of carbonyl (C=O) groups is 1. The van der Waals surface area contributed by atoms with Gasteiger partial charge in [0.2, 0.25) is 12.7 Å². The molecule has 1 aromatic heterocycles.